The van der Waals surface area contributed by atoms with Crippen LogP contribution in [0.1, 0.15) is 63.9 Å². The number of carbonyl (C=O) groups excluding carboxylic acids is 2. The SMILES string of the molecule is C[C@@H]1CCN(C(=O)CN2c3ccccc3[C@H](C(N)=O)C[C@@H]2C)[C@H]2CCCC[C@H]12. The van der Waals surface area contributed by atoms with Gasteiger partial charge < -0.3 is 15.5 Å². The van der Waals surface area contributed by atoms with Crippen LogP contribution in [0.2, 0.25) is 0 Å². The summed E-state index contributed by atoms with van der Waals surface area (Å²) in [5.41, 5.74) is 7.61. The van der Waals surface area contributed by atoms with E-state index in [4.69, 9.17) is 5.73 Å². The van der Waals surface area contributed by atoms with Crippen molar-refractivity contribution in [3.63, 3.8) is 0 Å². The molecule has 2 fully saturated rings. The van der Waals surface area contributed by atoms with Crippen LogP contribution in [0.5, 0.6) is 0 Å². The summed E-state index contributed by atoms with van der Waals surface area (Å²) in [6, 6.07) is 8.46. The average molecular weight is 384 g/mol. The first-order valence-electron chi connectivity index (χ1n) is 10.9. The summed E-state index contributed by atoms with van der Waals surface area (Å²) in [5.74, 6) is 1.08. The Kier molecular flexibility index (Phi) is 5.35. The number of likely N-dealkylation sites (tertiary alicyclic amines) is 1. The van der Waals surface area contributed by atoms with E-state index < -0.39 is 0 Å². The van der Waals surface area contributed by atoms with E-state index in [0.29, 0.717) is 24.9 Å². The van der Waals surface area contributed by atoms with Crippen molar-refractivity contribution in [1.29, 1.82) is 0 Å². The van der Waals surface area contributed by atoms with Crippen LogP contribution >= 0.6 is 0 Å². The summed E-state index contributed by atoms with van der Waals surface area (Å²) >= 11 is 0. The zero-order chi connectivity index (χ0) is 19.8. The van der Waals surface area contributed by atoms with E-state index in [9.17, 15) is 9.59 Å². The lowest BCUT2D eigenvalue weighted by atomic mass is 9.72. The van der Waals surface area contributed by atoms with Crippen molar-refractivity contribution in [3.05, 3.63) is 29.8 Å². The van der Waals surface area contributed by atoms with Gasteiger partial charge in [-0.2, -0.15) is 0 Å². The highest BCUT2D eigenvalue weighted by Gasteiger charge is 2.41. The maximum absolute atomic E-state index is 13.4. The molecule has 1 saturated heterocycles. The third-order valence-electron chi connectivity index (χ3n) is 7.44. The molecule has 4 rings (SSSR count). The molecule has 2 aliphatic heterocycles. The van der Waals surface area contributed by atoms with Crippen LogP contribution in [0, 0.1) is 11.8 Å². The summed E-state index contributed by atoms with van der Waals surface area (Å²) in [4.78, 5) is 29.7. The number of rotatable bonds is 3. The molecule has 1 aromatic rings. The van der Waals surface area contributed by atoms with Gasteiger partial charge >= 0.3 is 0 Å². The number of para-hydroxylation sites is 1. The molecule has 5 heteroatoms. The number of benzene rings is 1. The topological polar surface area (TPSA) is 66.6 Å². The lowest BCUT2D eigenvalue weighted by Gasteiger charge is -2.48. The second kappa shape index (κ2) is 7.76. The van der Waals surface area contributed by atoms with Crippen LogP contribution < -0.4 is 10.6 Å². The fraction of sp³-hybridized carbons (Fsp3) is 0.652. The molecule has 152 valence electrons. The van der Waals surface area contributed by atoms with Gasteiger partial charge in [-0.25, -0.2) is 0 Å². The molecule has 0 spiro atoms. The van der Waals surface area contributed by atoms with E-state index in [0.717, 1.165) is 36.6 Å². The first-order valence-corrected chi connectivity index (χ1v) is 10.9. The largest absolute Gasteiger partial charge is 0.369 e. The maximum atomic E-state index is 13.4. The number of anilines is 1. The third kappa shape index (κ3) is 3.40. The second-order valence-corrected chi connectivity index (χ2v) is 9.10. The van der Waals surface area contributed by atoms with Gasteiger partial charge in [0.25, 0.3) is 0 Å². The van der Waals surface area contributed by atoms with E-state index in [1.807, 2.05) is 24.3 Å². The Morgan fingerprint density at radius 3 is 2.64 bits per heavy atom. The van der Waals surface area contributed by atoms with Gasteiger partial charge in [0.05, 0.1) is 12.5 Å². The number of hydrogen-bond donors (Lipinski definition) is 1. The molecule has 0 unspecified atom stereocenters. The normalized spacial score (nSPS) is 32.4. The van der Waals surface area contributed by atoms with Gasteiger partial charge in [0.2, 0.25) is 11.8 Å². The third-order valence-corrected chi connectivity index (χ3v) is 7.44. The molecule has 1 aromatic carbocycles. The molecule has 0 aromatic heterocycles. The van der Waals surface area contributed by atoms with Gasteiger partial charge in [-0.15, -0.1) is 0 Å². The molecule has 0 radical (unpaired) electrons. The Morgan fingerprint density at radius 1 is 1.11 bits per heavy atom. The van der Waals surface area contributed by atoms with Crippen LogP contribution in [-0.2, 0) is 9.59 Å². The highest BCUT2D eigenvalue weighted by atomic mass is 16.2. The average Bonchev–Trinajstić information content (AvgIpc) is 2.70. The van der Waals surface area contributed by atoms with Crippen LogP contribution in [0.15, 0.2) is 24.3 Å². The first kappa shape index (κ1) is 19.3. The quantitative estimate of drug-likeness (QED) is 0.871. The number of amides is 2. The maximum Gasteiger partial charge on any atom is 0.242 e. The number of fused-ring (bicyclic) bond motifs is 2. The number of carbonyl (C=O) groups is 2. The molecule has 2 amide bonds. The van der Waals surface area contributed by atoms with E-state index >= 15 is 0 Å². The Labute approximate surface area is 168 Å². The van der Waals surface area contributed by atoms with Crippen LogP contribution in [0.3, 0.4) is 0 Å². The van der Waals surface area contributed by atoms with Crippen molar-refractivity contribution < 1.29 is 9.59 Å². The second-order valence-electron chi connectivity index (χ2n) is 9.10. The minimum Gasteiger partial charge on any atom is -0.369 e. The van der Waals surface area contributed by atoms with Crippen LogP contribution in [0.4, 0.5) is 5.69 Å². The van der Waals surface area contributed by atoms with Crippen molar-refractivity contribution in [2.75, 3.05) is 18.0 Å². The molecule has 3 aliphatic rings. The van der Waals surface area contributed by atoms with E-state index in [1.54, 1.807) is 0 Å². The summed E-state index contributed by atoms with van der Waals surface area (Å²) in [7, 11) is 0. The van der Waals surface area contributed by atoms with Gasteiger partial charge in [0.1, 0.15) is 0 Å². The Balaban J connectivity index is 1.55. The predicted molar refractivity (Wildman–Crippen MR) is 111 cm³/mol. The molecule has 1 saturated carbocycles. The summed E-state index contributed by atoms with van der Waals surface area (Å²) < 4.78 is 0. The molecule has 5 nitrogen and oxygen atoms in total. The van der Waals surface area contributed by atoms with Crippen LogP contribution in [0.25, 0.3) is 0 Å². The fourth-order valence-corrected chi connectivity index (χ4v) is 5.85. The number of hydrogen-bond acceptors (Lipinski definition) is 3. The number of nitrogens with zero attached hydrogens (tertiary/aromatic N) is 2. The van der Waals surface area contributed by atoms with Crippen molar-refractivity contribution in [3.8, 4) is 0 Å². The summed E-state index contributed by atoms with van der Waals surface area (Å²) in [6.45, 7) is 5.73. The lowest BCUT2D eigenvalue weighted by molar-refractivity contribution is -0.137. The number of nitrogens with two attached hydrogens (primary N) is 1. The van der Waals surface area contributed by atoms with Crippen molar-refractivity contribution in [1.82, 2.24) is 4.90 Å². The molecule has 2 heterocycles. The van der Waals surface area contributed by atoms with Gasteiger partial charge in [0.15, 0.2) is 0 Å². The van der Waals surface area contributed by atoms with Gasteiger partial charge in [-0.1, -0.05) is 38.0 Å². The van der Waals surface area contributed by atoms with Crippen molar-refractivity contribution >= 4 is 17.5 Å². The van der Waals surface area contributed by atoms with Gasteiger partial charge in [-0.3, -0.25) is 9.59 Å². The fourth-order valence-electron chi connectivity index (χ4n) is 5.85. The van der Waals surface area contributed by atoms with E-state index in [1.165, 1.54) is 19.3 Å². The standard InChI is InChI=1S/C23H33N3O2/c1-15-11-12-25(20-9-5-3-7-17(15)20)22(27)14-26-16(2)13-19(23(24)28)18-8-4-6-10-21(18)26/h4,6,8,10,15-17,19-20H,3,5,7,9,11-14H2,1-2H3,(H2,24,28)/t15-,16+,17-,19-,20+/m1/s1. The predicted octanol–water partition coefficient (Wildman–Crippen LogP) is 3.28. The highest BCUT2D eigenvalue weighted by molar-refractivity contribution is 5.87. The van der Waals surface area contributed by atoms with Gasteiger partial charge in [-0.05, 0) is 56.1 Å². The monoisotopic (exact) mass is 383 g/mol. The number of piperidine rings is 1. The minimum absolute atomic E-state index is 0.113. The highest BCUT2D eigenvalue weighted by Crippen LogP contribution is 2.40. The molecular weight excluding hydrogens is 350 g/mol. The smallest absolute Gasteiger partial charge is 0.242 e. The number of primary amides is 1. The molecule has 28 heavy (non-hydrogen) atoms. The molecule has 2 N–H and O–H groups in total. The van der Waals surface area contributed by atoms with E-state index in [-0.39, 0.29) is 23.8 Å². The summed E-state index contributed by atoms with van der Waals surface area (Å²) in [5, 5.41) is 0. The van der Waals surface area contributed by atoms with Crippen molar-refractivity contribution in [2.24, 2.45) is 17.6 Å². The Morgan fingerprint density at radius 2 is 1.86 bits per heavy atom. The van der Waals surface area contributed by atoms with Crippen LogP contribution in [-0.4, -0.2) is 41.9 Å². The van der Waals surface area contributed by atoms with E-state index in [2.05, 4.69) is 23.6 Å². The minimum atomic E-state index is -0.277. The van der Waals surface area contributed by atoms with Gasteiger partial charge in [0, 0.05) is 24.3 Å². The molecule has 1 aliphatic carbocycles. The lowest BCUT2D eigenvalue weighted by Crippen LogP contribution is -2.56. The summed E-state index contributed by atoms with van der Waals surface area (Å²) in [6.07, 6.45) is 6.74. The molecular formula is C23H33N3O2. The van der Waals surface area contributed by atoms with Crippen molar-refractivity contribution in [2.45, 2.75) is 70.4 Å². The zero-order valence-electron chi connectivity index (χ0n) is 17.1. The Bertz CT molecular complexity index is 749. The Hall–Kier alpha value is -2.04. The first-order chi connectivity index (χ1) is 13.5. The zero-order valence-corrected chi connectivity index (χ0v) is 17.1. The molecule has 5 atom stereocenters. The molecule has 0 bridgehead atoms.